The predicted octanol–water partition coefficient (Wildman–Crippen LogP) is 4.49. The summed E-state index contributed by atoms with van der Waals surface area (Å²) in [5, 5.41) is 6.71. The van der Waals surface area contributed by atoms with Gasteiger partial charge in [0.1, 0.15) is 10.8 Å². The summed E-state index contributed by atoms with van der Waals surface area (Å²) in [6.45, 7) is 7.04. The minimum atomic E-state index is -0.335. The third-order valence-corrected chi connectivity index (χ3v) is 3.69. The van der Waals surface area contributed by atoms with Gasteiger partial charge in [0, 0.05) is 23.0 Å². The maximum atomic E-state index is 13.0. The average Bonchev–Trinajstić information content (AvgIpc) is 2.74. The molecule has 0 aliphatic carbocycles. The van der Waals surface area contributed by atoms with Crippen LogP contribution in [0.5, 0.6) is 0 Å². The molecular weight excluding hydrogens is 283 g/mol. The number of nitrogens with one attached hydrogen (secondary N) is 1. The molecule has 0 radical (unpaired) electrons. The molecule has 1 aromatic carbocycles. The molecule has 0 aliphatic rings. The van der Waals surface area contributed by atoms with E-state index in [2.05, 4.69) is 31.1 Å². The maximum absolute atomic E-state index is 13.0. The molecular formula is C14H16ClFN2S. The number of hydrogen-bond acceptors (Lipinski definition) is 3. The van der Waals surface area contributed by atoms with Crippen LogP contribution in [0.4, 0.5) is 4.39 Å². The van der Waals surface area contributed by atoms with Crippen molar-refractivity contribution in [3.8, 4) is 11.3 Å². The van der Waals surface area contributed by atoms with E-state index in [1.807, 2.05) is 5.38 Å². The molecule has 0 aliphatic heterocycles. The van der Waals surface area contributed by atoms with Crippen molar-refractivity contribution < 1.29 is 4.39 Å². The van der Waals surface area contributed by atoms with Gasteiger partial charge in [-0.1, -0.05) is 11.6 Å². The third kappa shape index (κ3) is 4.00. The molecule has 0 bridgehead atoms. The summed E-state index contributed by atoms with van der Waals surface area (Å²) in [5.74, 6) is -0.335. The molecule has 19 heavy (non-hydrogen) atoms. The zero-order valence-electron chi connectivity index (χ0n) is 11.1. The Hall–Kier alpha value is -0.970. The highest BCUT2D eigenvalue weighted by Crippen LogP contribution is 2.29. The molecule has 1 heterocycles. The van der Waals surface area contributed by atoms with Crippen molar-refractivity contribution in [1.82, 2.24) is 10.3 Å². The van der Waals surface area contributed by atoms with Crippen LogP contribution >= 0.6 is 22.9 Å². The first-order valence-electron chi connectivity index (χ1n) is 6.00. The van der Waals surface area contributed by atoms with Gasteiger partial charge < -0.3 is 5.32 Å². The fraction of sp³-hybridized carbons (Fsp3) is 0.357. The Bertz CT molecular complexity index is 575. The summed E-state index contributed by atoms with van der Waals surface area (Å²) >= 11 is 7.60. The number of halogens is 2. The lowest BCUT2D eigenvalue weighted by molar-refractivity contribution is 0.424. The van der Waals surface area contributed by atoms with Gasteiger partial charge in [0.25, 0.3) is 0 Å². The van der Waals surface area contributed by atoms with Crippen LogP contribution in [0.25, 0.3) is 11.3 Å². The Balaban J connectivity index is 2.16. The monoisotopic (exact) mass is 298 g/mol. The van der Waals surface area contributed by atoms with Gasteiger partial charge in [-0.25, -0.2) is 9.37 Å². The highest BCUT2D eigenvalue weighted by Gasteiger charge is 2.12. The van der Waals surface area contributed by atoms with E-state index < -0.39 is 0 Å². The van der Waals surface area contributed by atoms with Crippen LogP contribution in [-0.2, 0) is 6.54 Å². The number of benzene rings is 1. The molecule has 0 atom stereocenters. The molecule has 2 nitrogen and oxygen atoms in total. The van der Waals surface area contributed by atoms with E-state index in [-0.39, 0.29) is 11.4 Å². The van der Waals surface area contributed by atoms with Gasteiger partial charge in [-0.05, 0) is 39.0 Å². The number of nitrogens with zero attached hydrogens (tertiary/aromatic N) is 1. The van der Waals surface area contributed by atoms with E-state index in [1.165, 1.54) is 12.1 Å². The summed E-state index contributed by atoms with van der Waals surface area (Å²) < 4.78 is 13.0. The lowest BCUT2D eigenvalue weighted by atomic mass is 10.1. The molecule has 1 aromatic heterocycles. The minimum Gasteiger partial charge on any atom is -0.306 e. The summed E-state index contributed by atoms with van der Waals surface area (Å²) in [7, 11) is 0. The largest absolute Gasteiger partial charge is 0.306 e. The highest BCUT2D eigenvalue weighted by atomic mass is 35.5. The van der Waals surface area contributed by atoms with E-state index in [4.69, 9.17) is 11.6 Å². The van der Waals surface area contributed by atoms with E-state index >= 15 is 0 Å². The molecule has 0 amide bonds. The lowest BCUT2D eigenvalue weighted by Gasteiger charge is -2.19. The summed E-state index contributed by atoms with van der Waals surface area (Å²) in [5.41, 5.74) is 1.61. The van der Waals surface area contributed by atoms with Crippen molar-refractivity contribution in [2.75, 3.05) is 0 Å². The Labute approximate surface area is 121 Å². The maximum Gasteiger partial charge on any atom is 0.124 e. The Morgan fingerprint density at radius 1 is 1.37 bits per heavy atom. The van der Waals surface area contributed by atoms with Crippen molar-refractivity contribution >= 4 is 22.9 Å². The van der Waals surface area contributed by atoms with Crippen LogP contribution in [0.3, 0.4) is 0 Å². The van der Waals surface area contributed by atoms with Gasteiger partial charge >= 0.3 is 0 Å². The van der Waals surface area contributed by atoms with E-state index in [9.17, 15) is 4.39 Å². The van der Waals surface area contributed by atoms with E-state index in [1.54, 1.807) is 17.4 Å². The molecule has 1 N–H and O–H groups in total. The summed E-state index contributed by atoms with van der Waals surface area (Å²) in [6, 6.07) is 4.37. The quantitative estimate of drug-likeness (QED) is 0.903. The smallest absolute Gasteiger partial charge is 0.124 e. The standard InChI is InChI=1S/C14H16ClFN2S/c1-14(2,3)17-7-13-18-12(8-19-13)10-5-4-9(16)6-11(10)15/h4-6,8,17H,7H2,1-3H3. The fourth-order valence-corrected chi connectivity index (χ4v) is 2.55. The van der Waals surface area contributed by atoms with Crippen molar-refractivity contribution in [2.45, 2.75) is 32.9 Å². The summed E-state index contributed by atoms with van der Waals surface area (Å²) in [4.78, 5) is 4.52. The zero-order chi connectivity index (χ0) is 14.0. The number of thiazole rings is 1. The molecule has 2 aromatic rings. The van der Waals surface area contributed by atoms with Gasteiger partial charge in [-0.3, -0.25) is 0 Å². The number of hydrogen-bond donors (Lipinski definition) is 1. The Morgan fingerprint density at radius 2 is 2.11 bits per heavy atom. The molecule has 0 fully saturated rings. The normalized spacial score (nSPS) is 11.8. The van der Waals surface area contributed by atoms with Crippen LogP contribution in [0, 0.1) is 5.82 Å². The topological polar surface area (TPSA) is 24.9 Å². The van der Waals surface area contributed by atoms with Crippen molar-refractivity contribution in [3.63, 3.8) is 0 Å². The van der Waals surface area contributed by atoms with Crippen molar-refractivity contribution in [3.05, 3.63) is 39.4 Å². The summed E-state index contributed by atoms with van der Waals surface area (Å²) in [6.07, 6.45) is 0. The second-order valence-electron chi connectivity index (χ2n) is 5.35. The van der Waals surface area contributed by atoms with Crippen LogP contribution in [0.1, 0.15) is 25.8 Å². The van der Waals surface area contributed by atoms with Gasteiger partial charge in [0.2, 0.25) is 0 Å². The molecule has 0 spiro atoms. The second kappa shape index (κ2) is 5.57. The van der Waals surface area contributed by atoms with Gasteiger partial charge in [0.15, 0.2) is 0 Å². The predicted molar refractivity (Wildman–Crippen MR) is 79.1 cm³/mol. The average molecular weight is 299 g/mol. The molecule has 0 unspecified atom stereocenters. The third-order valence-electron chi connectivity index (χ3n) is 2.53. The lowest BCUT2D eigenvalue weighted by Crippen LogP contribution is -2.34. The molecule has 0 saturated heterocycles. The van der Waals surface area contributed by atoms with Crippen molar-refractivity contribution in [2.24, 2.45) is 0 Å². The van der Waals surface area contributed by atoms with Crippen LogP contribution < -0.4 is 5.32 Å². The fourth-order valence-electron chi connectivity index (χ4n) is 1.55. The van der Waals surface area contributed by atoms with Crippen molar-refractivity contribution in [1.29, 1.82) is 0 Å². The first-order valence-corrected chi connectivity index (χ1v) is 7.26. The first-order chi connectivity index (χ1) is 8.85. The Morgan fingerprint density at radius 3 is 2.74 bits per heavy atom. The zero-order valence-corrected chi connectivity index (χ0v) is 12.7. The first kappa shape index (κ1) is 14.4. The molecule has 0 saturated carbocycles. The van der Waals surface area contributed by atoms with E-state index in [0.717, 1.165) is 16.3 Å². The van der Waals surface area contributed by atoms with Crippen LogP contribution in [0.15, 0.2) is 23.6 Å². The van der Waals surface area contributed by atoms with Gasteiger partial charge in [-0.15, -0.1) is 11.3 Å². The molecule has 102 valence electrons. The minimum absolute atomic E-state index is 0.0549. The second-order valence-corrected chi connectivity index (χ2v) is 6.70. The highest BCUT2D eigenvalue weighted by molar-refractivity contribution is 7.09. The molecule has 2 rings (SSSR count). The van der Waals surface area contributed by atoms with Gasteiger partial charge in [-0.2, -0.15) is 0 Å². The molecule has 5 heteroatoms. The van der Waals surface area contributed by atoms with E-state index in [0.29, 0.717) is 11.6 Å². The van der Waals surface area contributed by atoms with Crippen LogP contribution in [-0.4, -0.2) is 10.5 Å². The van der Waals surface area contributed by atoms with Gasteiger partial charge in [0.05, 0.1) is 10.7 Å². The number of rotatable bonds is 3. The number of aromatic nitrogens is 1. The Kier molecular flexibility index (Phi) is 4.23. The van der Waals surface area contributed by atoms with Crippen LogP contribution in [0.2, 0.25) is 5.02 Å². The SMILES string of the molecule is CC(C)(C)NCc1nc(-c2ccc(F)cc2Cl)cs1.